The Balaban J connectivity index is 2.46. The highest BCUT2D eigenvalue weighted by molar-refractivity contribution is 5.79. The summed E-state index contributed by atoms with van der Waals surface area (Å²) < 4.78 is 5.21. The van der Waals surface area contributed by atoms with E-state index < -0.39 is 0 Å². The van der Waals surface area contributed by atoms with Crippen molar-refractivity contribution in [1.82, 2.24) is 0 Å². The Labute approximate surface area is 77.5 Å². The summed E-state index contributed by atoms with van der Waals surface area (Å²) in [5, 5.41) is 0. The van der Waals surface area contributed by atoms with Crippen LogP contribution in [0.3, 0.4) is 0 Å². The van der Waals surface area contributed by atoms with Gasteiger partial charge in [-0.3, -0.25) is 4.79 Å². The van der Waals surface area contributed by atoms with E-state index in [2.05, 4.69) is 0 Å². The number of carbonyl (C=O) groups excluding carboxylic acids is 1. The molecule has 13 heavy (non-hydrogen) atoms. The Kier molecular flexibility index (Phi) is 3.31. The fourth-order valence-electron chi connectivity index (χ4n) is 0.830. The summed E-state index contributed by atoms with van der Waals surface area (Å²) in [5.41, 5.74) is 6.18. The fourth-order valence-corrected chi connectivity index (χ4v) is 0.830. The van der Waals surface area contributed by atoms with Crippen molar-refractivity contribution >= 4 is 11.5 Å². The van der Waals surface area contributed by atoms with Crippen LogP contribution < -0.4 is 10.5 Å². The average Bonchev–Trinajstić information content (AvgIpc) is 2.16. The molecule has 1 aromatic rings. The van der Waals surface area contributed by atoms with E-state index in [9.17, 15) is 4.79 Å². The molecular formula is C10H13NO2. The molecule has 3 nitrogen and oxygen atoms in total. The van der Waals surface area contributed by atoms with Crippen molar-refractivity contribution in [2.75, 3.05) is 12.3 Å². The van der Waals surface area contributed by atoms with Gasteiger partial charge in [0.15, 0.2) is 5.78 Å². The molecule has 0 amide bonds. The van der Waals surface area contributed by atoms with Gasteiger partial charge in [0, 0.05) is 12.1 Å². The molecule has 0 heterocycles. The van der Waals surface area contributed by atoms with Crippen LogP contribution in [-0.2, 0) is 4.79 Å². The Bertz CT molecular complexity index is 279. The fraction of sp³-hybridized carbons (Fsp3) is 0.300. The van der Waals surface area contributed by atoms with Crippen molar-refractivity contribution in [1.29, 1.82) is 0 Å². The molecule has 0 bridgehead atoms. The van der Waals surface area contributed by atoms with Gasteiger partial charge in [-0.15, -0.1) is 0 Å². The van der Waals surface area contributed by atoms with Gasteiger partial charge in [0.25, 0.3) is 0 Å². The number of carbonyl (C=O) groups is 1. The minimum absolute atomic E-state index is 0.0943. The second kappa shape index (κ2) is 4.50. The molecule has 70 valence electrons. The van der Waals surface area contributed by atoms with Crippen LogP contribution in [0.25, 0.3) is 0 Å². The second-order valence-electron chi connectivity index (χ2n) is 2.75. The van der Waals surface area contributed by atoms with Crippen molar-refractivity contribution in [3.8, 4) is 5.75 Å². The van der Waals surface area contributed by atoms with Crippen molar-refractivity contribution < 1.29 is 9.53 Å². The summed E-state index contributed by atoms with van der Waals surface area (Å²) in [4.78, 5) is 10.9. The van der Waals surface area contributed by atoms with Crippen molar-refractivity contribution in [3.05, 3.63) is 24.3 Å². The first-order valence-corrected chi connectivity index (χ1v) is 4.22. The molecule has 0 saturated heterocycles. The molecular weight excluding hydrogens is 166 g/mol. The second-order valence-corrected chi connectivity index (χ2v) is 2.75. The monoisotopic (exact) mass is 179 g/mol. The minimum Gasteiger partial charge on any atom is -0.486 e. The highest BCUT2D eigenvalue weighted by atomic mass is 16.5. The van der Waals surface area contributed by atoms with Crippen LogP contribution in [0.1, 0.15) is 13.3 Å². The number of ether oxygens (including phenoxy) is 1. The van der Waals surface area contributed by atoms with Gasteiger partial charge < -0.3 is 10.5 Å². The Morgan fingerprint density at radius 1 is 1.38 bits per heavy atom. The summed E-state index contributed by atoms with van der Waals surface area (Å²) in [5.74, 6) is 0.771. The Hall–Kier alpha value is -1.51. The summed E-state index contributed by atoms with van der Waals surface area (Å²) in [6.07, 6.45) is 0.509. The molecule has 0 radical (unpaired) electrons. The highest BCUT2D eigenvalue weighted by Gasteiger charge is 1.98. The molecule has 0 fully saturated rings. The lowest BCUT2D eigenvalue weighted by molar-refractivity contribution is -0.120. The molecule has 0 saturated carbocycles. The van der Waals surface area contributed by atoms with Gasteiger partial charge in [0.05, 0.1) is 0 Å². The van der Waals surface area contributed by atoms with E-state index in [0.717, 1.165) is 0 Å². The number of rotatable bonds is 4. The number of ketones is 1. The van der Waals surface area contributed by atoms with Crippen LogP contribution >= 0.6 is 0 Å². The van der Waals surface area contributed by atoms with Gasteiger partial charge in [0.1, 0.15) is 12.4 Å². The zero-order valence-electron chi connectivity index (χ0n) is 7.62. The molecule has 3 heteroatoms. The smallest absolute Gasteiger partial charge is 0.169 e. The zero-order valence-corrected chi connectivity index (χ0v) is 7.62. The highest BCUT2D eigenvalue weighted by Crippen LogP contribution is 2.12. The summed E-state index contributed by atoms with van der Waals surface area (Å²) in [6.45, 7) is 1.95. The van der Waals surface area contributed by atoms with Crippen LogP contribution in [0, 0.1) is 0 Å². The van der Waals surface area contributed by atoms with E-state index in [1.165, 1.54) is 0 Å². The molecule has 0 aromatic heterocycles. The molecule has 0 aliphatic rings. The third-order valence-corrected chi connectivity index (χ3v) is 1.67. The van der Waals surface area contributed by atoms with Crippen molar-refractivity contribution in [2.45, 2.75) is 13.3 Å². The van der Waals surface area contributed by atoms with Gasteiger partial charge >= 0.3 is 0 Å². The largest absolute Gasteiger partial charge is 0.486 e. The van der Waals surface area contributed by atoms with Gasteiger partial charge in [-0.2, -0.15) is 0 Å². The number of nitrogens with two attached hydrogens (primary N) is 1. The predicted octanol–water partition coefficient (Wildman–Crippen LogP) is 1.63. The standard InChI is InChI=1S/C10H13NO2/c1-2-9(12)7-13-10-5-3-8(11)4-6-10/h3-6H,2,7,11H2,1H3. The first-order chi connectivity index (χ1) is 6.22. The third kappa shape index (κ3) is 3.15. The molecule has 0 aliphatic heterocycles. The van der Waals surface area contributed by atoms with Crippen molar-refractivity contribution in [3.63, 3.8) is 0 Å². The molecule has 2 N–H and O–H groups in total. The van der Waals surface area contributed by atoms with Gasteiger partial charge in [0.2, 0.25) is 0 Å². The zero-order chi connectivity index (χ0) is 9.68. The number of anilines is 1. The van der Waals surface area contributed by atoms with E-state index in [4.69, 9.17) is 10.5 Å². The Morgan fingerprint density at radius 2 is 2.00 bits per heavy atom. The lowest BCUT2D eigenvalue weighted by atomic mass is 10.3. The molecule has 0 aliphatic carbocycles. The summed E-state index contributed by atoms with van der Waals surface area (Å²) in [7, 11) is 0. The summed E-state index contributed by atoms with van der Waals surface area (Å²) in [6, 6.07) is 6.98. The third-order valence-electron chi connectivity index (χ3n) is 1.67. The summed E-state index contributed by atoms with van der Waals surface area (Å²) >= 11 is 0. The van der Waals surface area contributed by atoms with Crippen LogP contribution in [0.5, 0.6) is 5.75 Å². The first-order valence-electron chi connectivity index (χ1n) is 4.22. The average molecular weight is 179 g/mol. The number of nitrogen functional groups attached to an aromatic ring is 1. The molecule has 0 atom stereocenters. The van der Waals surface area contributed by atoms with Gasteiger partial charge in [-0.25, -0.2) is 0 Å². The number of hydrogen-bond acceptors (Lipinski definition) is 3. The van der Waals surface area contributed by atoms with Crippen molar-refractivity contribution in [2.24, 2.45) is 0 Å². The normalized spacial score (nSPS) is 9.62. The Morgan fingerprint density at radius 3 is 2.54 bits per heavy atom. The lowest BCUT2D eigenvalue weighted by Gasteiger charge is -2.03. The van der Waals surface area contributed by atoms with Crippen LogP contribution in [-0.4, -0.2) is 12.4 Å². The lowest BCUT2D eigenvalue weighted by Crippen LogP contribution is -2.09. The molecule has 0 unspecified atom stereocenters. The van der Waals surface area contributed by atoms with E-state index in [1.54, 1.807) is 24.3 Å². The topological polar surface area (TPSA) is 52.3 Å². The maximum absolute atomic E-state index is 10.9. The number of benzene rings is 1. The molecule has 1 aromatic carbocycles. The van der Waals surface area contributed by atoms with E-state index in [1.807, 2.05) is 6.92 Å². The maximum Gasteiger partial charge on any atom is 0.169 e. The van der Waals surface area contributed by atoms with Crippen LogP contribution in [0.15, 0.2) is 24.3 Å². The minimum atomic E-state index is 0.0943. The predicted molar refractivity (Wildman–Crippen MR) is 51.6 cm³/mol. The quantitative estimate of drug-likeness (QED) is 0.714. The van der Waals surface area contributed by atoms with Gasteiger partial charge in [-0.1, -0.05) is 6.92 Å². The number of hydrogen-bond donors (Lipinski definition) is 1. The first kappa shape index (κ1) is 9.58. The SMILES string of the molecule is CCC(=O)COc1ccc(N)cc1. The van der Waals surface area contributed by atoms with E-state index in [0.29, 0.717) is 17.9 Å². The number of Topliss-reactive ketones (excluding diaryl/α,β-unsaturated/α-hetero) is 1. The maximum atomic E-state index is 10.9. The van der Waals surface area contributed by atoms with E-state index >= 15 is 0 Å². The molecule has 0 spiro atoms. The van der Waals surface area contributed by atoms with Crippen LogP contribution in [0.2, 0.25) is 0 Å². The van der Waals surface area contributed by atoms with Gasteiger partial charge in [-0.05, 0) is 24.3 Å². The van der Waals surface area contributed by atoms with Crippen LogP contribution in [0.4, 0.5) is 5.69 Å². The molecule has 1 rings (SSSR count). The van der Waals surface area contributed by atoms with E-state index in [-0.39, 0.29) is 12.4 Å².